The van der Waals surface area contributed by atoms with Crippen molar-refractivity contribution in [3.63, 3.8) is 0 Å². The molecule has 0 atom stereocenters. The van der Waals surface area contributed by atoms with Gasteiger partial charge in [-0.1, -0.05) is 80.4 Å². The fraction of sp³-hybridized carbons (Fsp3) is 0.400. The molecule has 3 aromatic rings. The molecule has 162 valence electrons. The molecule has 0 radical (unpaired) electrons. The van der Waals surface area contributed by atoms with Crippen LogP contribution in [-0.2, 0) is 6.42 Å². The lowest BCUT2D eigenvalue weighted by atomic mass is 9.78. The first kappa shape index (κ1) is 21.8. The van der Waals surface area contributed by atoms with E-state index in [1.54, 1.807) is 0 Å². The van der Waals surface area contributed by atoms with E-state index >= 15 is 0 Å². The van der Waals surface area contributed by atoms with Crippen molar-refractivity contribution in [1.29, 1.82) is 0 Å². The molecule has 4 rings (SSSR count). The van der Waals surface area contributed by atoms with Crippen LogP contribution in [0.3, 0.4) is 0 Å². The molecule has 0 bridgehead atoms. The van der Waals surface area contributed by atoms with Gasteiger partial charge in [0.1, 0.15) is 5.82 Å². The molecule has 1 aliphatic rings. The van der Waals surface area contributed by atoms with Crippen molar-refractivity contribution in [2.24, 2.45) is 5.92 Å². The van der Waals surface area contributed by atoms with Crippen LogP contribution in [0.25, 0.3) is 21.9 Å². The van der Waals surface area contributed by atoms with Crippen molar-refractivity contribution in [3.05, 3.63) is 83.7 Å². The summed E-state index contributed by atoms with van der Waals surface area (Å²) in [5.41, 5.74) is 4.68. The molecule has 0 aliphatic heterocycles. The summed E-state index contributed by atoms with van der Waals surface area (Å²) in [6, 6.07) is 19.3. The Morgan fingerprint density at radius 1 is 0.871 bits per heavy atom. The molecular weight excluding hydrogens is 379 g/mol. The summed E-state index contributed by atoms with van der Waals surface area (Å²) in [6.45, 7) is 4.30. The number of halogens is 1. The number of hydrogen-bond donors (Lipinski definition) is 0. The molecule has 31 heavy (non-hydrogen) atoms. The van der Waals surface area contributed by atoms with Crippen molar-refractivity contribution in [3.8, 4) is 11.1 Å². The molecule has 0 nitrogen and oxygen atoms in total. The van der Waals surface area contributed by atoms with Crippen LogP contribution < -0.4 is 0 Å². The zero-order chi connectivity index (χ0) is 21.6. The van der Waals surface area contributed by atoms with Crippen LogP contribution in [0.1, 0.15) is 75.8 Å². The summed E-state index contributed by atoms with van der Waals surface area (Å²) in [4.78, 5) is 0. The smallest absolute Gasteiger partial charge is 0.134 e. The molecule has 1 saturated carbocycles. The number of allylic oxidation sites excluding steroid dienone is 2. The van der Waals surface area contributed by atoms with E-state index in [4.69, 9.17) is 0 Å². The highest BCUT2D eigenvalue weighted by Crippen LogP contribution is 2.37. The van der Waals surface area contributed by atoms with E-state index in [1.165, 1.54) is 36.8 Å². The van der Waals surface area contributed by atoms with Crippen LogP contribution in [0.2, 0.25) is 0 Å². The third kappa shape index (κ3) is 5.09. The Kier molecular flexibility index (Phi) is 7.22. The fourth-order valence-corrected chi connectivity index (χ4v) is 5.14. The third-order valence-electron chi connectivity index (χ3n) is 7.04. The van der Waals surface area contributed by atoms with Gasteiger partial charge in [-0.2, -0.15) is 0 Å². The number of rotatable bonds is 7. The molecule has 0 N–H and O–H groups in total. The van der Waals surface area contributed by atoms with Gasteiger partial charge in [0.05, 0.1) is 0 Å². The van der Waals surface area contributed by atoms with Gasteiger partial charge in [0.15, 0.2) is 0 Å². The van der Waals surface area contributed by atoms with E-state index in [2.05, 4.69) is 68.5 Å². The average Bonchev–Trinajstić information content (AvgIpc) is 2.81. The number of hydrogen-bond acceptors (Lipinski definition) is 0. The minimum atomic E-state index is -0.0379. The molecule has 0 amide bonds. The first-order valence-electron chi connectivity index (χ1n) is 12.1. The Morgan fingerprint density at radius 2 is 1.61 bits per heavy atom. The van der Waals surface area contributed by atoms with Crippen LogP contribution in [0.5, 0.6) is 0 Å². The zero-order valence-corrected chi connectivity index (χ0v) is 19.0. The minimum absolute atomic E-state index is 0.0379. The standard InChI is InChI=1S/C30H35F/c1-3-5-6-8-26-17-18-28-21-27(19-20-29(28)30(26)31)25-15-13-24(14-16-25)23-11-9-22(7-4-2)10-12-23/h4,7,13-23H,3,5-6,8-12H2,1-2H3/b7-4+. The third-order valence-corrected chi connectivity index (χ3v) is 7.04. The Labute approximate surface area is 187 Å². The highest BCUT2D eigenvalue weighted by atomic mass is 19.1. The summed E-state index contributed by atoms with van der Waals surface area (Å²) in [7, 11) is 0. The van der Waals surface area contributed by atoms with Gasteiger partial charge in [0.2, 0.25) is 0 Å². The average molecular weight is 415 g/mol. The Morgan fingerprint density at radius 3 is 2.32 bits per heavy atom. The highest BCUT2D eigenvalue weighted by Gasteiger charge is 2.20. The lowest BCUT2D eigenvalue weighted by molar-refractivity contribution is 0.376. The maximum atomic E-state index is 15.0. The lowest BCUT2D eigenvalue weighted by Gasteiger charge is -2.27. The number of benzene rings is 3. The zero-order valence-electron chi connectivity index (χ0n) is 19.0. The van der Waals surface area contributed by atoms with E-state index in [9.17, 15) is 4.39 Å². The van der Waals surface area contributed by atoms with Crippen molar-refractivity contribution in [2.45, 2.75) is 71.1 Å². The maximum absolute atomic E-state index is 15.0. The van der Waals surface area contributed by atoms with Crippen LogP contribution >= 0.6 is 0 Å². The van der Waals surface area contributed by atoms with Crippen molar-refractivity contribution in [2.75, 3.05) is 0 Å². The molecule has 0 spiro atoms. The summed E-state index contributed by atoms with van der Waals surface area (Å²) in [5.74, 6) is 1.42. The minimum Gasteiger partial charge on any atom is -0.206 e. The van der Waals surface area contributed by atoms with Crippen LogP contribution in [0.4, 0.5) is 4.39 Å². The second-order valence-corrected chi connectivity index (χ2v) is 9.19. The topological polar surface area (TPSA) is 0 Å². The van der Waals surface area contributed by atoms with E-state index in [1.807, 2.05) is 12.1 Å². The predicted molar refractivity (Wildman–Crippen MR) is 132 cm³/mol. The van der Waals surface area contributed by atoms with Gasteiger partial charge >= 0.3 is 0 Å². The summed E-state index contributed by atoms with van der Waals surface area (Å²) in [6.07, 6.45) is 13.9. The maximum Gasteiger partial charge on any atom is 0.134 e. The second kappa shape index (κ2) is 10.3. The first-order chi connectivity index (χ1) is 15.2. The van der Waals surface area contributed by atoms with E-state index in [0.29, 0.717) is 5.92 Å². The number of unbranched alkanes of at least 4 members (excludes halogenated alkanes) is 2. The predicted octanol–water partition coefficient (Wildman–Crippen LogP) is 9.23. The van der Waals surface area contributed by atoms with Gasteiger partial charge < -0.3 is 0 Å². The van der Waals surface area contributed by atoms with Gasteiger partial charge in [-0.3, -0.25) is 0 Å². The van der Waals surface area contributed by atoms with Gasteiger partial charge in [-0.25, -0.2) is 4.39 Å². The van der Waals surface area contributed by atoms with Gasteiger partial charge in [0.25, 0.3) is 0 Å². The molecule has 0 unspecified atom stereocenters. The van der Waals surface area contributed by atoms with Crippen LogP contribution in [-0.4, -0.2) is 0 Å². The molecule has 0 aromatic heterocycles. The van der Waals surface area contributed by atoms with Gasteiger partial charge in [0, 0.05) is 5.39 Å². The number of fused-ring (bicyclic) bond motifs is 1. The molecule has 0 saturated heterocycles. The monoisotopic (exact) mass is 414 g/mol. The highest BCUT2D eigenvalue weighted by molar-refractivity contribution is 5.88. The summed E-state index contributed by atoms with van der Waals surface area (Å²) >= 11 is 0. The van der Waals surface area contributed by atoms with E-state index < -0.39 is 0 Å². The van der Waals surface area contributed by atoms with E-state index in [0.717, 1.165) is 53.5 Å². The lowest BCUT2D eigenvalue weighted by Crippen LogP contribution is -2.11. The van der Waals surface area contributed by atoms with E-state index in [-0.39, 0.29) is 5.82 Å². The van der Waals surface area contributed by atoms with Crippen LogP contribution in [0.15, 0.2) is 66.7 Å². The number of aryl methyl sites for hydroxylation is 1. The Hall–Kier alpha value is -2.41. The summed E-state index contributed by atoms with van der Waals surface area (Å²) in [5, 5.41) is 1.73. The fourth-order valence-electron chi connectivity index (χ4n) is 5.14. The Balaban J connectivity index is 1.49. The van der Waals surface area contributed by atoms with Crippen molar-refractivity contribution in [1.82, 2.24) is 0 Å². The van der Waals surface area contributed by atoms with Gasteiger partial charge in [-0.15, -0.1) is 0 Å². The molecule has 1 heteroatoms. The molecule has 0 heterocycles. The van der Waals surface area contributed by atoms with Crippen molar-refractivity contribution < 1.29 is 4.39 Å². The largest absolute Gasteiger partial charge is 0.206 e. The molecule has 1 aliphatic carbocycles. The molecule has 3 aromatic carbocycles. The van der Waals surface area contributed by atoms with Crippen LogP contribution in [0, 0.1) is 11.7 Å². The quantitative estimate of drug-likeness (QED) is 0.267. The first-order valence-corrected chi connectivity index (χ1v) is 12.1. The second-order valence-electron chi connectivity index (χ2n) is 9.19. The SMILES string of the molecule is C/C=C/C1CCC(c2ccc(-c3ccc4c(F)c(CCCCC)ccc4c3)cc2)CC1. The molecular formula is C30H35F. The van der Waals surface area contributed by atoms with Gasteiger partial charge in [-0.05, 0) is 91.0 Å². The molecule has 1 fully saturated rings. The normalized spacial score (nSPS) is 19.3. The Bertz CT molecular complexity index is 1020. The van der Waals surface area contributed by atoms with Crippen molar-refractivity contribution >= 4 is 10.8 Å². The summed E-state index contributed by atoms with van der Waals surface area (Å²) < 4.78 is 15.0.